The third-order valence-corrected chi connectivity index (χ3v) is 5.07. The molecule has 25 heavy (non-hydrogen) atoms. The van der Waals surface area contributed by atoms with Crippen molar-refractivity contribution < 1.29 is 17.9 Å². The van der Waals surface area contributed by atoms with Crippen LogP contribution in [-0.2, 0) is 12.7 Å². The van der Waals surface area contributed by atoms with Gasteiger partial charge in [-0.3, -0.25) is 4.90 Å². The number of hydrogen-bond acceptors (Lipinski definition) is 6. The van der Waals surface area contributed by atoms with Gasteiger partial charge in [0.2, 0.25) is 5.88 Å². The summed E-state index contributed by atoms with van der Waals surface area (Å²) >= 11 is 1.04. The molecule has 0 aliphatic carbocycles. The molecule has 1 aliphatic heterocycles. The smallest absolute Gasteiger partial charge is 0.434 e. The van der Waals surface area contributed by atoms with E-state index in [2.05, 4.69) is 21.8 Å². The molecule has 3 rings (SSSR count). The highest BCUT2D eigenvalue weighted by Crippen LogP contribution is 2.33. The van der Waals surface area contributed by atoms with E-state index in [0.29, 0.717) is 30.6 Å². The number of methoxy groups -OCH3 is 1. The lowest BCUT2D eigenvalue weighted by Gasteiger charge is -2.39. The number of alkyl halides is 3. The summed E-state index contributed by atoms with van der Waals surface area (Å²) in [4.78, 5) is 12.3. The maximum absolute atomic E-state index is 12.7. The van der Waals surface area contributed by atoms with Gasteiger partial charge in [0, 0.05) is 43.7 Å². The second-order valence-electron chi connectivity index (χ2n) is 5.95. The number of thiazole rings is 1. The first-order chi connectivity index (χ1) is 11.9. The Labute approximate surface area is 148 Å². The minimum atomic E-state index is -4.39. The van der Waals surface area contributed by atoms with Crippen molar-refractivity contribution in [3.63, 3.8) is 0 Å². The molecule has 1 saturated heterocycles. The number of pyridine rings is 1. The maximum Gasteiger partial charge on any atom is 0.434 e. The van der Waals surface area contributed by atoms with Crippen molar-refractivity contribution in [3.8, 4) is 5.88 Å². The van der Waals surface area contributed by atoms with Gasteiger partial charge in [-0.2, -0.15) is 13.2 Å². The molecule has 1 atom stereocenters. The Morgan fingerprint density at radius 1 is 1.28 bits per heavy atom. The van der Waals surface area contributed by atoms with E-state index < -0.39 is 11.9 Å². The van der Waals surface area contributed by atoms with Crippen molar-refractivity contribution in [1.82, 2.24) is 14.9 Å². The molecule has 5 nitrogen and oxygen atoms in total. The molecule has 0 saturated carbocycles. The highest BCUT2D eigenvalue weighted by Gasteiger charge is 2.35. The fourth-order valence-corrected chi connectivity index (χ4v) is 3.68. The van der Waals surface area contributed by atoms with Gasteiger partial charge in [-0.05, 0) is 13.0 Å². The summed E-state index contributed by atoms with van der Waals surface area (Å²) in [6, 6.07) is 5.82. The van der Waals surface area contributed by atoms with Crippen LogP contribution in [0.5, 0.6) is 5.88 Å². The molecule has 0 bridgehead atoms. The van der Waals surface area contributed by atoms with Crippen LogP contribution in [0, 0.1) is 0 Å². The van der Waals surface area contributed by atoms with E-state index in [9.17, 15) is 13.2 Å². The molecule has 3 heterocycles. The van der Waals surface area contributed by atoms with Gasteiger partial charge in [-0.15, -0.1) is 11.3 Å². The van der Waals surface area contributed by atoms with Crippen LogP contribution in [0.2, 0.25) is 0 Å². The molecule has 0 N–H and O–H groups in total. The van der Waals surface area contributed by atoms with Crippen molar-refractivity contribution >= 4 is 16.5 Å². The molecule has 2 aromatic rings. The van der Waals surface area contributed by atoms with E-state index in [1.165, 1.54) is 0 Å². The first kappa shape index (κ1) is 17.9. The highest BCUT2D eigenvalue weighted by atomic mass is 32.1. The number of hydrogen-bond donors (Lipinski definition) is 0. The molecule has 1 fully saturated rings. The Morgan fingerprint density at radius 2 is 2.08 bits per heavy atom. The first-order valence-electron chi connectivity index (χ1n) is 7.88. The summed E-state index contributed by atoms with van der Waals surface area (Å²) in [5.74, 6) is 0.575. The topological polar surface area (TPSA) is 41.5 Å². The van der Waals surface area contributed by atoms with Crippen molar-refractivity contribution in [2.24, 2.45) is 0 Å². The van der Waals surface area contributed by atoms with E-state index in [4.69, 9.17) is 4.74 Å². The number of nitrogens with zero attached hydrogens (tertiary/aromatic N) is 4. The summed E-state index contributed by atoms with van der Waals surface area (Å²) in [5.41, 5.74) is 0.0939. The second-order valence-corrected chi connectivity index (χ2v) is 6.79. The SMILES string of the molecule is COc1cccc(CN2CCN(c3nc(C(F)(F)F)cs3)CC2C)n1. The van der Waals surface area contributed by atoms with E-state index in [1.54, 1.807) is 13.2 Å². The molecule has 1 aliphatic rings. The fourth-order valence-electron chi connectivity index (χ4n) is 2.81. The van der Waals surface area contributed by atoms with Crippen LogP contribution in [0.25, 0.3) is 0 Å². The number of aromatic nitrogens is 2. The fraction of sp³-hybridized carbons (Fsp3) is 0.500. The Morgan fingerprint density at radius 3 is 2.72 bits per heavy atom. The number of rotatable bonds is 4. The molecular formula is C16H19F3N4OS. The van der Waals surface area contributed by atoms with Crippen LogP contribution in [0.3, 0.4) is 0 Å². The molecule has 0 spiro atoms. The van der Waals surface area contributed by atoms with Gasteiger partial charge >= 0.3 is 6.18 Å². The van der Waals surface area contributed by atoms with Gasteiger partial charge in [0.25, 0.3) is 0 Å². The molecular weight excluding hydrogens is 353 g/mol. The summed E-state index contributed by atoms with van der Waals surface area (Å²) in [5, 5.41) is 1.50. The average molecular weight is 372 g/mol. The Balaban J connectivity index is 1.63. The molecule has 1 unspecified atom stereocenters. The summed E-state index contributed by atoms with van der Waals surface area (Å²) in [7, 11) is 1.58. The van der Waals surface area contributed by atoms with Crippen LogP contribution in [0.4, 0.5) is 18.3 Å². The minimum Gasteiger partial charge on any atom is -0.481 e. The predicted molar refractivity (Wildman–Crippen MR) is 90.0 cm³/mol. The van der Waals surface area contributed by atoms with E-state index in [-0.39, 0.29) is 6.04 Å². The molecule has 2 aromatic heterocycles. The Kier molecular flexibility index (Phi) is 5.14. The molecule has 0 aromatic carbocycles. The molecule has 0 amide bonds. The average Bonchev–Trinajstić information content (AvgIpc) is 3.07. The van der Waals surface area contributed by atoms with Crippen LogP contribution in [0.1, 0.15) is 18.3 Å². The molecule has 9 heteroatoms. The van der Waals surface area contributed by atoms with Crippen LogP contribution in [-0.4, -0.2) is 47.7 Å². The van der Waals surface area contributed by atoms with Gasteiger partial charge < -0.3 is 9.64 Å². The van der Waals surface area contributed by atoms with Gasteiger partial charge in [0.05, 0.1) is 12.8 Å². The largest absolute Gasteiger partial charge is 0.481 e. The monoisotopic (exact) mass is 372 g/mol. The summed E-state index contributed by atoms with van der Waals surface area (Å²) in [6.07, 6.45) is -4.39. The van der Waals surface area contributed by atoms with Gasteiger partial charge in [-0.1, -0.05) is 6.07 Å². The maximum atomic E-state index is 12.7. The van der Waals surface area contributed by atoms with E-state index >= 15 is 0 Å². The normalized spacial score (nSPS) is 19.2. The summed E-state index contributed by atoms with van der Waals surface area (Å²) < 4.78 is 43.3. The zero-order valence-electron chi connectivity index (χ0n) is 14.0. The third-order valence-electron chi connectivity index (χ3n) is 4.17. The Hall–Kier alpha value is -1.87. The molecule has 136 valence electrons. The van der Waals surface area contributed by atoms with Crippen molar-refractivity contribution in [3.05, 3.63) is 35.0 Å². The predicted octanol–water partition coefficient (Wildman–Crippen LogP) is 3.28. The second kappa shape index (κ2) is 7.17. The lowest BCUT2D eigenvalue weighted by atomic mass is 10.2. The van der Waals surface area contributed by atoms with Gasteiger partial charge in [-0.25, -0.2) is 9.97 Å². The van der Waals surface area contributed by atoms with Crippen LogP contribution in [0.15, 0.2) is 23.6 Å². The lowest BCUT2D eigenvalue weighted by Crippen LogP contribution is -2.51. The standard InChI is InChI=1S/C16H19F3N4OS/c1-11-8-23(15-21-13(10-25-15)16(17,18)19)7-6-22(11)9-12-4-3-5-14(20-12)24-2/h3-5,10-11H,6-9H2,1-2H3. The minimum absolute atomic E-state index is 0.181. The Bertz CT molecular complexity index is 721. The summed E-state index contributed by atoms with van der Waals surface area (Å²) in [6.45, 7) is 4.75. The van der Waals surface area contributed by atoms with Crippen molar-refractivity contribution in [1.29, 1.82) is 0 Å². The number of piperazine rings is 1. The lowest BCUT2D eigenvalue weighted by molar-refractivity contribution is -0.140. The first-order valence-corrected chi connectivity index (χ1v) is 8.76. The highest BCUT2D eigenvalue weighted by molar-refractivity contribution is 7.13. The van der Waals surface area contributed by atoms with E-state index in [0.717, 1.165) is 29.0 Å². The zero-order valence-corrected chi connectivity index (χ0v) is 14.8. The van der Waals surface area contributed by atoms with Gasteiger partial charge in [0.15, 0.2) is 10.8 Å². The molecule has 0 radical (unpaired) electrons. The quantitative estimate of drug-likeness (QED) is 0.824. The third kappa shape index (κ3) is 4.21. The number of anilines is 1. The van der Waals surface area contributed by atoms with Gasteiger partial charge in [0.1, 0.15) is 0 Å². The number of halogens is 3. The van der Waals surface area contributed by atoms with Crippen molar-refractivity contribution in [2.45, 2.75) is 25.7 Å². The number of ether oxygens (including phenoxy) is 1. The zero-order chi connectivity index (χ0) is 18.0. The van der Waals surface area contributed by atoms with Crippen molar-refractivity contribution in [2.75, 3.05) is 31.6 Å². The van der Waals surface area contributed by atoms with Crippen LogP contribution >= 0.6 is 11.3 Å². The van der Waals surface area contributed by atoms with E-state index in [1.807, 2.05) is 17.0 Å². The van der Waals surface area contributed by atoms with Crippen LogP contribution < -0.4 is 9.64 Å².